The van der Waals surface area contributed by atoms with Gasteiger partial charge in [-0.25, -0.2) is 0 Å². The molecule has 9 nitrogen and oxygen atoms in total. The zero-order valence-corrected chi connectivity index (χ0v) is 20.4. The zero-order chi connectivity index (χ0) is 25.1. The van der Waals surface area contributed by atoms with Gasteiger partial charge in [0.05, 0.1) is 5.52 Å². The molecule has 36 heavy (non-hydrogen) atoms. The van der Waals surface area contributed by atoms with Gasteiger partial charge in [-0.1, -0.05) is 0 Å². The van der Waals surface area contributed by atoms with E-state index in [1.54, 1.807) is 24.4 Å². The summed E-state index contributed by atoms with van der Waals surface area (Å²) < 4.78 is 0. The highest BCUT2D eigenvalue weighted by Crippen LogP contribution is 2.23. The summed E-state index contributed by atoms with van der Waals surface area (Å²) >= 11 is 0. The van der Waals surface area contributed by atoms with Gasteiger partial charge in [0.25, 0.3) is 11.8 Å². The molecule has 5 rings (SSSR count). The number of hydrogen-bond donors (Lipinski definition) is 3. The highest BCUT2D eigenvalue weighted by molar-refractivity contribution is 6.09. The van der Waals surface area contributed by atoms with Crippen LogP contribution in [0.3, 0.4) is 0 Å². The van der Waals surface area contributed by atoms with E-state index in [9.17, 15) is 9.59 Å². The molecule has 2 aromatic carbocycles. The Bertz CT molecular complexity index is 1390. The molecule has 4 aromatic rings. The summed E-state index contributed by atoms with van der Waals surface area (Å²) in [6.07, 6.45) is 1.73. The maximum absolute atomic E-state index is 12.9. The van der Waals surface area contributed by atoms with Crippen LogP contribution in [0, 0.1) is 6.92 Å². The fraction of sp³-hybridized carbons (Fsp3) is 0.259. The number of aromatic amines is 1. The summed E-state index contributed by atoms with van der Waals surface area (Å²) in [6, 6.07) is 16.7. The molecule has 1 aliphatic rings. The number of fused-ring (bicyclic) bond motifs is 1. The molecule has 2 aromatic heterocycles. The van der Waals surface area contributed by atoms with Crippen LogP contribution in [0.2, 0.25) is 0 Å². The van der Waals surface area contributed by atoms with E-state index >= 15 is 0 Å². The Morgan fingerprint density at radius 3 is 2.44 bits per heavy atom. The van der Waals surface area contributed by atoms with Gasteiger partial charge in [0.2, 0.25) is 0 Å². The summed E-state index contributed by atoms with van der Waals surface area (Å²) in [5.41, 5.74) is 4.76. The van der Waals surface area contributed by atoms with Crippen molar-refractivity contribution in [3.63, 3.8) is 0 Å². The van der Waals surface area contributed by atoms with Crippen molar-refractivity contribution in [2.24, 2.45) is 0 Å². The van der Waals surface area contributed by atoms with Crippen LogP contribution >= 0.6 is 0 Å². The molecule has 3 N–H and O–H groups in total. The van der Waals surface area contributed by atoms with Crippen LogP contribution in [0.15, 0.2) is 60.8 Å². The Morgan fingerprint density at radius 2 is 1.69 bits per heavy atom. The SMILES string of the molecule is Cc1cc(CNC(=O)c2ccc3[nH]nc(NC(=O)c4ccc(N5CCN(C)CC5)cc4)c3c2)ccn1. The molecule has 0 spiro atoms. The van der Waals surface area contributed by atoms with E-state index in [4.69, 9.17) is 0 Å². The molecule has 0 atom stereocenters. The molecule has 9 heteroatoms. The molecule has 0 aliphatic carbocycles. The molecular formula is C27H29N7O2. The number of carbonyl (C=O) groups excluding carboxylic acids is 2. The second-order valence-corrected chi connectivity index (χ2v) is 9.11. The number of piperazine rings is 1. The van der Waals surface area contributed by atoms with Gasteiger partial charge in [-0.05, 0) is 74.1 Å². The van der Waals surface area contributed by atoms with Crippen molar-refractivity contribution in [3.8, 4) is 0 Å². The number of nitrogens with one attached hydrogen (secondary N) is 3. The van der Waals surface area contributed by atoms with Gasteiger partial charge in [0.1, 0.15) is 0 Å². The summed E-state index contributed by atoms with van der Waals surface area (Å²) in [7, 11) is 2.13. The van der Waals surface area contributed by atoms with Gasteiger partial charge >= 0.3 is 0 Å². The van der Waals surface area contributed by atoms with E-state index in [0.717, 1.165) is 48.6 Å². The van der Waals surface area contributed by atoms with Crippen molar-refractivity contribution < 1.29 is 9.59 Å². The fourth-order valence-electron chi connectivity index (χ4n) is 4.32. The highest BCUT2D eigenvalue weighted by Gasteiger charge is 2.16. The van der Waals surface area contributed by atoms with E-state index < -0.39 is 0 Å². The van der Waals surface area contributed by atoms with Crippen LogP contribution in [-0.4, -0.2) is 65.1 Å². The molecule has 2 amide bonds. The fourth-order valence-corrected chi connectivity index (χ4v) is 4.32. The van der Waals surface area contributed by atoms with Crippen molar-refractivity contribution >= 4 is 34.2 Å². The topological polar surface area (TPSA) is 106 Å². The first-order valence-electron chi connectivity index (χ1n) is 12.0. The standard InChI is InChI=1S/C27H29N7O2/c1-18-15-19(9-10-28-18)17-29-26(35)21-5-8-24-23(16-21)25(32-31-24)30-27(36)20-3-6-22(7-4-20)34-13-11-33(2)12-14-34/h3-10,15-16H,11-14,17H2,1-2H3,(H,29,35)(H2,30,31,32,36). The Morgan fingerprint density at radius 1 is 0.944 bits per heavy atom. The molecule has 1 aliphatic heterocycles. The number of anilines is 2. The molecule has 0 bridgehead atoms. The minimum Gasteiger partial charge on any atom is -0.369 e. The number of amides is 2. The van der Waals surface area contributed by atoms with Gasteiger partial charge < -0.3 is 20.4 Å². The number of aromatic nitrogens is 3. The summed E-state index contributed by atoms with van der Waals surface area (Å²) in [5, 5.41) is 13.6. The number of aryl methyl sites for hydroxylation is 1. The third kappa shape index (κ3) is 5.21. The Kier molecular flexibility index (Phi) is 6.64. The molecule has 184 valence electrons. The van der Waals surface area contributed by atoms with Crippen molar-refractivity contribution in [1.29, 1.82) is 0 Å². The van der Waals surface area contributed by atoms with Crippen LogP contribution in [-0.2, 0) is 6.54 Å². The molecule has 0 unspecified atom stereocenters. The summed E-state index contributed by atoms with van der Waals surface area (Å²) in [6.45, 7) is 6.31. The van der Waals surface area contributed by atoms with E-state index in [2.05, 4.69) is 42.7 Å². The van der Waals surface area contributed by atoms with Crippen LogP contribution in [0.1, 0.15) is 32.0 Å². The van der Waals surface area contributed by atoms with E-state index in [0.29, 0.717) is 28.9 Å². The molecule has 1 saturated heterocycles. The quantitative estimate of drug-likeness (QED) is 0.389. The lowest BCUT2D eigenvalue weighted by Crippen LogP contribution is -2.44. The van der Waals surface area contributed by atoms with Gasteiger partial charge in [-0.3, -0.25) is 19.7 Å². The number of rotatable bonds is 6. The average Bonchev–Trinajstić information content (AvgIpc) is 3.29. The minimum absolute atomic E-state index is 0.204. The zero-order valence-electron chi connectivity index (χ0n) is 20.4. The minimum atomic E-state index is -0.253. The normalized spacial score (nSPS) is 14.1. The number of pyridine rings is 1. The largest absolute Gasteiger partial charge is 0.369 e. The Hall–Kier alpha value is -4.24. The molecular weight excluding hydrogens is 454 g/mol. The lowest BCUT2D eigenvalue weighted by atomic mass is 10.1. The van der Waals surface area contributed by atoms with Crippen molar-refractivity contribution in [2.45, 2.75) is 13.5 Å². The predicted molar refractivity (Wildman–Crippen MR) is 140 cm³/mol. The lowest BCUT2D eigenvalue weighted by Gasteiger charge is -2.34. The van der Waals surface area contributed by atoms with Gasteiger partial charge in [-0.15, -0.1) is 0 Å². The van der Waals surface area contributed by atoms with Gasteiger partial charge in [-0.2, -0.15) is 5.10 Å². The van der Waals surface area contributed by atoms with Crippen molar-refractivity contribution in [1.82, 2.24) is 25.4 Å². The first-order valence-corrected chi connectivity index (χ1v) is 12.0. The van der Waals surface area contributed by atoms with Crippen LogP contribution in [0.25, 0.3) is 10.9 Å². The second kappa shape index (κ2) is 10.2. The third-order valence-corrected chi connectivity index (χ3v) is 6.47. The smallest absolute Gasteiger partial charge is 0.256 e. The number of carbonyl (C=O) groups is 2. The first kappa shape index (κ1) is 23.5. The molecule has 3 heterocycles. The monoisotopic (exact) mass is 483 g/mol. The predicted octanol–water partition coefficient (Wildman–Crippen LogP) is 3.20. The average molecular weight is 484 g/mol. The highest BCUT2D eigenvalue weighted by atomic mass is 16.2. The summed E-state index contributed by atoms with van der Waals surface area (Å²) in [5.74, 6) is -0.0712. The number of nitrogens with zero attached hydrogens (tertiary/aromatic N) is 4. The number of hydrogen-bond acceptors (Lipinski definition) is 6. The number of benzene rings is 2. The van der Waals surface area contributed by atoms with Gasteiger partial charge in [0.15, 0.2) is 5.82 Å². The lowest BCUT2D eigenvalue weighted by molar-refractivity contribution is 0.0950. The molecule has 0 radical (unpaired) electrons. The first-order chi connectivity index (χ1) is 17.5. The molecule has 1 fully saturated rings. The van der Waals surface area contributed by atoms with Gasteiger partial charge in [0, 0.05) is 66.8 Å². The number of likely N-dealkylation sites (N-methyl/N-ethyl adjacent to an activating group) is 1. The third-order valence-electron chi connectivity index (χ3n) is 6.47. The maximum atomic E-state index is 12.9. The molecule has 0 saturated carbocycles. The Labute approximate surface area is 209 Å². The van der Waals surface area contributed by atoms with Crippen LogP contribution in [0.5, 0.6) is 0 Å². The van der Waals surface area contributed by atoms with Crippen LogP contribution < -0.4 is 15.5 Å². The van der Waals surface area contributed by atoms with E-state index in [-0.39, 0.29) is 11.8 Å². The van der Waals surface area contributed by atoms with E-state index in [1.807, 2.05) is 43.3 Å². The Balaban J connectivity index is 1.26. The van der Waals surface area contributed by atoms with Crippen LogP contribution in [0.4, 0.5) is 11.5 Å². The maximum Gasteiger partial charge on any atom is 0.256 e. The number of H-pyrrole nitrogens is 1. The second-order valence-electron chi connectivity index (χ2n) is 9.11. The van der Waals surface area contributed by atoms with Crippen molar-refractivity contribution in [2.75, 3.05) is 43.4 Å². The van der Waals surface area contributed by atoms with Crippen molar-refractivity contribution in [3.05, 3.63) is 83.2 Å². The summed E-state index contributed by atoms with van der Waals surface area (Å²) in [4.78, 5) is 34.5. The van der Waals surface area contributed by atoms with E-state index in [1.165, 1.54) is 0 Å².